The van der Waals surface area contributed by atoms with Gasteiger partial charge in [-0.2, -0.15) is 4.36 Å². The van der Waals surface area contributed by atoms with E-state index < -0.39 is 58.4 Å². The van der Waals surface area contributed by atoms with Crippen molar-refractivity contribution in [1.82, 2.24) is 0 Å². The van der Waals surface area contributed by atoms with E-state index in [2.05, 4.69) is 4.36 Å². The Bertz CT molecular complexity index is 1120. The number of anilines is 1. The molecule has 11 heteroatoms. The van der Waals surface area contributed by atoms with Gasteiger partial charge in [-0.05, 0) is 36.8 Å². The standard InChI is InChI=1S/C21H23N3O7S/c1-24(2)11-6-10(23-32)16(26)14-9(11)4-7-3-8-5-12(25)15(20(22)30)19(29)21(8,31)18(28)13(7)17(14)27/h6-8,12,15,25-26,28,31H,3-5H2,1-2H3,(H2,22,30)/t7-,8+,12?,15?,21+/m1/s1. The lowest BCUT2D eigenvalue weighted by molar-refractivity contribution is -0.167. The van der Waals surface area contributed by atoms with E-state index in [1.165, 1.54) is 0 Å². The summed E-state index contributed by atoms with van der Waals surface area (Å²) in [6, 6.07) is 1.56. The van der Waals surface area contributed by atoms with Crippen LogP contribution < -0.4 is 10.6 Å². The molecule has 170 valence electrons. The summed E-state index contributed by atoms with van der Waals surface area (Å²) in [6.07, 6.45) is -1.21. The van der Waals surface area contributed by atoms with Crippen molar-refractivity contribution in [1.29, 1.82) is 0 Å². The molecule has 0 spiro atoms. The Labute approximate surface area is 188 Å². The number of aliphatic hydroxyl groups excluding tert-OH is 2. The molecule has 0 saturated heterocycles. The first-order valence-electron chi connectivity index (χ1n) is 10.1. The van der Waals surface area contributed by atoms with Gasteiger partial charge in [-0.3, -0.25) is 14.4 Å². The Kier molecular flexibility index (Phi) is 5.11. The number of carbonyl (C=O) groups excluding carboxylic acids is 3. The molecule has 0 bridgehead atoms. The number of nitrogens with zero attached hydrogens (tertiary/aromatic N) is 2. The zero-order valence-corrected chi connectivity index (χ0v) is 18.2. The second kappa shape index (κ2) is 7.32. The minimum Gasteiger partial charge on any atom is -0.508 e. The Morgan fingerprint density at radius 3 is 2.50 bits per heavy atom. The molecule has 6 N–H and O–H groups in total. The molecule has 2 unspecified atom stereocenters. The van der Waals surface area contributed by atoms with E-state index in [-0.39, 0.29) is 36.1 Å². The predicted octanol–water partition coefficient (Wildman–Crippen LogP) is 0.173. The van der Waals surface area contributed by atoms with Crippen molar-refractivity contribution < 1.29 is 34.8 Å². The van der Waals surface area contributed by atoms with Gasteiger partial charge in [0.05, 0.1) is 11.7 Å². The largest absolute Gasteiger partial charge is 0.508 e. The first-order chi connectivity index (χ1) is 14.9. The number of rotatable bonds is 3. The topological polar surface area (TPSA) is 174 Å². The SMILES string of the molecule is CN(C)c1cc(N=S)c(O)c2c1C[C@H]1C[C@H]3CC(O)C(C(N)=O)C(=O)[C@@]3(O)C(O)=C1C2=O. The predicted molar refractivity (Wildman–Crippen MR) is 114 cm³/mol. The maximum atomic E-state index is 13.5. The zero-order valence-electron chi connectivity index (χ0n) is 17.4. The van der Waals surface area contributed by atoms with E-state index in [1.807, 2.05) is 0 Å². The van der Waals surface area contributed by atoms with Crippen molar-refractivity contribution in [2.24, 2.45) is 27.9 Å². The molecule has 1 amide bonds. The van der Waals surface area contributed by atoms with Crippen molar-refractivity contribution in [2.75, 3.05) is 19.0 Å². The molecule has 32 heavy (non-hydrogen) atoms. The summed E-state index contributed by atoms with van der Waals surface area (Å²) in [5, 5.41) is 43.2. The quantitative estimate of drug-likeness (QED) is 0.393. The number of phenols is 1. The van der Waals surface area contributed by atoms with Crippen LogP contribution in [0.4, 0.5) is 11.4 Å². The van der Waals surface area contributed by atoms with Crippen LogP contribution in [-0.2, 0) is 28.4 Å². The van der Waals surface area contributed by atoms with E-state index in [4.69, 9.17) is 18.2 Å². The Balaban J connectivity index is 1.93. The summed E-state index contributed by atoms with van der Waals surface area (Å²) in [5.74, 6) is -7.51. The molecule has 10 nitrogen and oxygen atoms in total. The molecule has 4 rings (SSSR count). The smallest absolute Gasteiger partial charge is 0.230 e. The van der Waals surface area contributed by atoms with Crippen molar-refractivity contribution in [3.8, 4) is 5.75 Å². The van der Waals surface area contributed by atoms with Crippen LogP contribution in [0.2, 0.25) is 0 Å². The highest BCUT2D eigenvalue weighted by molar-refractivity contribution is 7.47. The van der Waals surface area contributed by atoms with Crippen molar-refractivity contribution in [2.45, 2.75) is 31.0 Å². The monoisotopic (exact) mass is 461 g/mol. The highest BCUT2D eigenvalue weighted by Gasteiger charge is 2.62. The number of amides is 1. The second-order valence-corrected chi connectivity index (χ2v) is 9.02. The lowest BCUT2D eigenvalue weighted by atomic mass is 9.58. The number of allylic oxidation sites excluding steroid dienone is 1. The molecule has 3 aliphatic carbocycles. The zero-order chi connectivity index (χ0) is 23.7. The van der Waals surface area contributed by atoms with Gasteiger partial charge in [0.15, 0.2) is 22.9 Å². The Hall–Kier alpha value is -2.89. The molecule has 5 atom stereocenters. The number of hydrogen-bond donors (Lipinski definition) is 5. The number of fused-ring (bicyclic) bond motifs is 3. The third-order valence-electron chi connectivity index (χ3n) is 6.93. The number of aromatic hydroxyl groups is 1. The lowest BCUT2D eigenvalue weighted by Crippen LogP contribution is -2.63. The minimum atomic E-state index is -2.53. The maximum Gasteiger partial charge on any atom is 0.230 e. The molecule has 1 saturated carbocycles. The molecule has 0 heterocycles. The van der Waals surface area contributed by atoms with Crippen LogP contribution in [0.25, 0.3) is 0 Å². The average molecular weight is 461 g/mol. The number of aliphatic hydroxyl groups is 3. The first-order valence-corrected chi connectivity index (χ1v) is 10.4. The second-order valence-electron chi connectivity index (χ2n) is 8.84. The van der Waals surface area contributed by atoms with Gasteiger partial charge in [0.2, 0.25) is 5.91 Å². The Morgan fingerprint density at radius 1 is 1.28 bits per heavy atom. The summed E-state index contributed by atoms with van der Waals surface area (Å²) in [4.78, 5) is 40.0. The van der Waals surface area contributed by atoms with Crippen molar-refractivity contribution in [3.05, 3.63) is 28.5 Å². The molecule has 0 aromatic heterocycles. The Morgan fingerprint density at radius 2 is 1.94 bits per heavy atom. The third-order valence-corrected chi connectivity index (χ3v) is 7.12. The van der Waals surface area contributed by atoms with Gasteiger partial charge < -0.3 is 31.1 Å². The number of phenolic OH excluding ortho intramolecular Hbond substituents is 1. The number of primary amides is 1. The lowest BCUT2D eigenvalue weighted by Gasteiger charge is -2.48. The summed E-state index contributed by atoms with van der Waals surface area (Å²) >= 11 is 4.71. The van der Waals surface area contributed by atoms with Gasteiger partial charge in [-0.25, -0.2) is 0 Å². The van der Waals surface area contributed by atoms with Crippen LogP contribution in [0, 0.1) is 17.8 Å². The fourth-order valence-corrected chi connectivity index (χ4v) is 5.57. The summed E-state index contributed by atoms with van der Waals surface area (Å²) in [7, 11) is 3.51. The summed E-state index contributed by atoms with van der Waals surface area (Å²) in [6.45, 7) is 0. The van der Waals surface area contributed by atoms with E-state index in [0.29, 0.717) is 11.3 Å². The summed E-state index contributed by atoms with van der Waals surface area (Å²) < 4.78 is 3.60. The van der Waals surface area contributed by atoms with E-state index in [1.54, 1.807) is 25.1 Å². The molecular formula is C21H23N3O7S. The normalized spacial score (nSPS) is 31.5. The first kappa shape index (κ1) is 22.3. The van der Waals surface area contributed by atoms with Crippen LogP contribution in [0.15, 0.2) is 21.8 Å². The van der Waals surface area contributed by atoms with Gasteiger partial charge >= 0.3 is 0 Å². The van der Waals surface area contributed by atoms with Crippen LogP contribution >= 0.6 is 0 Å². The van der Waals surface area contributed by atoms with Crippen LogP contribution in [0.3, 0.4) is 0 Å². The number of benzene rings is 1. The minimum absolute atomic E-state index is 0.00685. The highest BCUT2D eigenvalue weighted by Crippen LogP contribution is 2.53. The van der Waals surface area contributed by atoms with Gasteiger partial charge in [-0.1, -0.05) is 0 Å². The fourth-order valence-electron chi connectivity index (χ4n) is 5.43. The fraction of sp³-hybridized carbons (Fsp3) is 0.476. The van der Waals surface area contributed by atoms with Crippen molar-refractivity contribution in [3.63, 3.8) is 0 Å². The number of ketones is 2. The molecular weight excluding hydrogens is 438 g/mol. The molecule has 1 aromatic carbocycles. The van der Waals surface area contributed by atoms with Gasteiger partial charge in [0.1, 0.15) is 17.4 Å². The van der Waals surface area contributed by atoms with Gasteiger partial charge in [-0.15, -0.1) is 0 Å². The molecule has 1 fully saturated rings. The number of nitrogens with two attached hydrogens (primary N) is 1. The average Bonchev–Trinajstić information content (AvgIpc) is 2.70. The number of Topliss-reactive ketones (excluding diaryl/α,β-unsaturated/α-hetero) is 2. The van der Waals surface area contributed by atoms with E-state index >= 15 is 0 Å². The number of carbonyl (C=O) groups is 3. The summed E-state index contributed by atoms with van der Waals surface area (Å²) in [5.41, 5.74) is 3.56. The van der Waals surface area contributed by atoms with E-state index in [9.17, 15) is 34.8 Å². The van der Waals surface area contributed by atoms with Crippen LogP contribution in [0.5, 0.6) is 5.75 Å². The molecule has 0 radical (unpaired) electrons. The maximum absolute atomic E-state index is 13.5. The van der Waals surface area contributed by atoms with Crippen LogP contribution in [0.1, 0.15) is 28.8 Å². The molecule has 0 aliphatic heterocycles. The third kappa shape index (κ3) is 2.81. The van der Waals surface area contributed by atoms with E-state index in [0.717, 1.165) is 0 Å². The van der Waals surface area contributed by atoms with Gasteiger partial charge in [0, 0.05) is 43.7 Å². The van der Waals surface area contributed by atoms with Gasteiger partial charge in [0.25, 0.3) is 0 Å². The van der Waals surface area contributed by atoms with Crippen LogP contribution in [-0.4, -0.2) is 63.7 Å². The highest BCUT2D eigenvalue weighted by atomic mass is 32.1. The number of hydrogen-bond acceptors (Lipinski definition) is 10. The molecule has 1 aromatic rings. The van der Waals surface area contributed by atoms with Crippen molar-refractivity contribution >= 4 is 41.3 Å². The molecule has 3 aliphatic rings.